The fourth-order valence-corrected chi connectivity index (χ4v) is 3.24. The van der Waals surface area contributed by atoms with E-state index in [4.69, 9.17) is 11.6 Å². The zero-order valence-corrected chi connectivity index (χ0v) is 15.9. The van der Waals surface area contributed by atoms with Crippen LogP contribution in [0.5, 0.6) is 0 Å². The minimum Gasteiger partial charge on any atom is -0.309 e. The molecule has 1 amide bonds. The number of amides is 1. The molecule has 3 rings (SSSR count). The van der Waals surface area contributed by atoms with E-state index in [1.807, 2.05) is 31.2 Å². The van der Waals surface area contributed by atoms with Gasteiger partial charge in [-0.05, 0) is 24.6 Å². The SMILES string of the molecule is Cc1ccccc1-n1cnnc1SCC(=O)Nc1ncc(C(F)(F)F)cc1Cl. The number of anilines is 1. The number of nitrogens with zero attached hydrogens (tertiary/aromatic N) is 4. The Labute approximate surface area is 167 Å². The first-order valence-electron chi connectivity index (χ1n) is 7.87. The van der Waals surface area contributed by atoms with Crippen LogP contribution in [0.25, 0.3) is 5.69 Å². The third-order valence-corrected chi connectivity index (χ3v) is 4.88. The van der Waals surface area contributed by atoms with Gasteiger partial charge in [-0.2, -0.15) is 13.2 Å². The summed E-state index contributed by atoms with van der Waals surface area (Å²) >= 11 is 6.92. The van der Waals surface area contributed by atoms with Gasteiger partial charge in [-0.25, -0.2) is 4.98 Å². The summed E-state index contributed by atoms with van der Waals surface area (Å²) in [4.78, 5) is 15.7. The molecule has 28 heavy (non-hydrogen) atoms. The van der Waals surface area contributed by atoms with E-state index in [1.165, 1.54) is 6.33 Å². The maximum absolute atomic E-state index is 12.6. The van der Waals surface area contributed by atoms with E-state index in [1.54, 1.807) is 4.57 Å². The summed E-state index contributed by atoms with van der Waals surface area (Å²) < 4.78 is 39.7. The van der Waals surface area contributed by atoms with Crippen LogP contribution in [-0.2, 0) is 11.0 Å². The number of carbonyl (C=O) groups excluding carboxylic acids is 1. The molecule has 1 N–H and O–H groups in total. The van der Waals surface area contributed by atoms with Crippen LogP contribution in [0.3, 0.4) is 0 Å². The maximum Gasteiger partial charge on any atom is 0.417 e. The quantitative estimate of drug-likeness (QED) is 0.612. The van der Waals surface area contributed by atoms with Gasteiger partial charge in [-0.1, -0.05) is 41.6 Å². The van der Waals surface area contributed by atoms with Gasteiger partial charge < -0.3 is 5.32 Å². The highest BCUT2D eigenvalue weighted by Gasteiger charge is 2.31. The lowest BCUT2D eigenvalue weighted by Gasteiger charge is -2.10. The van der Waals surface area contributed by atoms with Crippen LogP contribution in [0.4, 0.5) is 19.0 Å². The minimum absolute atomic E-state index is 0.0520. The molecule has 2 aromatic heterocycles. The Bertz CT molecular complexity index is 1010. The Kier molecular flexibility index (Phi) is 5.90. The summed E-state index contributed by atoms with van der Waals surface area (Å²) in [6, 6.07) is 8.33. The van der Waals surface area contributed by atoms with Gasteiger partial charge in [-0.3, -0.25) is 9.36 Å². The second kappa shape index (κ2) is 8.19. The van der Waals surface area contributed by atoms with Crippen molar-refractivity contribution in [1.82, 2.24) is 19.7 Å². The average Bonchev–Trinajstić information content (AvgIpc) is 3.09. The number of aryl methyl sites for hydroxylation is 1. The Morgan fingerprint density at radius 1 is 1.32 bits per heavy atom. The standard InChI is InChI=1S/C17H13ClF3N5OS/c1-10-4-2-3-5-13(10)26-9-23-25-16(26)28-8-14(27)24-15-12(18)6-11(7-22-15)17(19,20)21/h2-7,9H,8H2,1H3,(H,22,24,27). The van der Waals surface area contributed by atoms with E-state index in [9.17, 15) is 18.0 Å². The third kappa shape index (κ3) is 4.63. The van der Waals surface area contributed by atoms with Crippen LogP contribution in [0.15, 0.2) is 48.0 Å². The molecule has 0 bridgehead atoms. The largest absolute Gasteiger partial charge is 0.417 e. The van der Waals surface area contributed by atoms with E-state index in [-0.39, 0.29) is 16.6 Å². The maximum atomic E-state index is 12.6. The molecule has 3 aromatic rings. The first kappa shape index (κ1) is 20.2. The summed E-state index contributed by atoms with van der Waals surface area (Å²) in [7, 11) is 0. The number of hydrogen-bond acceptors (Lipinski definition) is 5. The number of carbonyl (C=O) groups is 1. The van der Waals surface area contributed by atoms with Gasteiger partial charge in [0.1, 0.15) is 6.33 Å². The zero-order chi connectivity index (χ0) is 20.3. The number of benzene rings is 1. The smallest absolute Gasteiger partial charge is 0.309 e. The Morgan fingerprint density at radius 3 is 2.75 bits per heavy atom. The summed E-state index contributed by atoms with van der Waals surface area (Å²) in [5, 5.41) is 10.5. The highest BCUT2D eigenvalue weighted by atomic mass is 35.5. The van der Waals surface area contributed by atoms with Gasteiger partial charge in [0.05, 0.1) is 22.0 Å². The zero-order valence-electron chi connectivity index (χ0n) is 14.4. The predicted octanol–water partition coefficient (Wildman–Crippen LogP) is 4.37. The molecule has 0 spiro atoms. The van der Waals surface area contributed by atoms with Gasteiger partial charge in [0.25, 0.3) is 0 Å². The van der Waals surface area contributed by atoms with E-state index in [0.717, 1.165) is 23.0 Å². The van der Waals surface area contributed by atoms with E-state index >= 15 is 0 Å². The molecule has 0 saturated carbocycles. The minimum atomic E-state index is -4.56. The van der Waals surface area contributed by atoms with Crippen LogP contribution in [0.2, 0.25) is 5.02 Å². The van der Waals surface area contributed by atoms with Crippen molar-refractivity contribution in [1.29, 1.82) is 0 Å². The van der Waals surface area contributed by atoms with Gasteiger partial charge in [0.15, 0.2) is 11.0 Å². The molecule has 1 aromatic carbocycles. The van der Waals surface area contributed by atoms with Crippen LogP contribution >= 0.6 is 23.4 Å². The highest BCUT2D eigenvalue weighted by molar-refractivity contribution is 7.99. The molecular weight excluding hydrogens is 415 g/mol. The molecule has 11 heteroatoms. The molecule has 0 fully saturated rings. The Balaban J connectivity index is 1.66. The summed E-state index contributed by atoms with van der Waals surface area (Å²) in [5.41, 5.74) is 0.897. The second-order valence-electron chi connectivity index (χ2n) is 5.66. The number of para-hydroxylation sites is 1. The van der Waals surface area contributed by atoms with Crippen molar-refractivity contribution >= 4 is 35.1 Å². The van der Waals surface area contributed by atoms with Crippen molar-refractivity contribution in [2.75, 3.05) is 11.1 Å². The molecule has 0 radical (unpaired) electrons. The van der Waals surface area contributed by atoms with Crippen molar-refractivity contribution in [3.8, 4) is 5.69 Å². The van der Waals surface area contributed by atoms with Crippen LogP contribution in [0, 0.1) is 6.92 Å². The number of aromatic nitrogens is 4. The van der Waals surface area contributed by atoms with Crippen molar-refractivity contribution in [2.24, 2.45) is 0 Å². The summed E-state index contributed by atoms with van der Waals surface area (Å²) in [6.07, 6.45) is -2.41. The van der Waals surface area contributed by atoms with Crippen molar-refractivity contribution in [3.63, 3.8) is 0 Å². The molecule has 146 valence electrons. The van der Waals surface area contributed by atoms with Crippen molar-refractivity contribution in [2.45, 2.75) is 18.3 Å². The number of nitrogens with one attached hydrogen (secondary N) is 1. The van der Waals surface area contributed by atoms with Crippen LogP contribution in [0.1, 0.15) is 11.1 Å². The molecule has 0 atom stereocenters. The van der Waals surface area contributed by atoms with Crippen molar-refractivity contribution < 1.29 is 18.0 Å². The van der Waals surface area contributed by atoms with Gasteiger partial charge in [-0.15, -0.1) is 10.2 Å². The third-order valence-electron chi connectivity index (χ3n) is 3.65. The molecule has 6 nitrogen and oxygen atoms in total. The number of thioether (sulfide) groups is 1. The number of hydrogen-bond donors (Lipinski definition) is 1. The predicted molar refractivity (Wildman–Crippen MR) is 99.7 cm³/mol. The monoisotopic (exact) mass is 427 g/mol. The van der Waals surface area contributed by atoms with Crippen LogP contribution < -0.4 is 5.32 Å². The number of alkyl halides is 3. The topological polar surface area (TPSA) is 72.7 Å². The molecule has 0 aliphatic heterocycles. The fraction of sp³-hybridized carbons (Fsp3) is 0.176. The first-order valence-corrected chi connectivity index (χ1v) is 9.23. The average molecular weight is 428 g/mol. The molecule has 2 heterocycles. The molecule has 0 aliphatic rings. The summed E-state index contributed by atoms with van der Waals surface area (Å²) in [6.45, 7) is 1.94. The molecule has 0 saturated heterocycles. The number of halogens is 4. The van der Waals surface area contributed by atoms with Crippen molar-refractivity contribution in [3.05, 3.63) is 59.0 Å². The number of rotatable bonds is 5. The first-order chi connectivity index (χ1) is 13.3. The lowest BCUT2D eigenvalue weighted by Crippen LogP contribution is -2.16. The van der Waals surface area contributed by atoms with Gasteiger partial charge in [0, 0.05) is 6.20 Å². The van der Waals surface area contributed by atoms with E-state index in [2.05, 4.69) is 20.5 Å². The second-order valence-corrected chi connectivity index (χ2v) is 7.01. The Hall–Kier alpha value is -2.59. The Morgan fingerprint density at radius 2 is 2.07 bits per heavy atom. The molecule has 0 aliphatic carbocycles. The molecule has 0 unspecified atom stereocenters. The number of pyridine rings is 1. The van der Waals surface area contributed by atoms with Gasteiger partial charge in [0.2, 0.25) is 5.91 Å². The lowest BCUT2D eigenvalue weighted by atomic mass is 10.2. The highest BCUT2D eigenvalue weighted by Crippen LogP contribution is 2.32. The fourth-order valence-electron chi connectivity index (χ4n) is 2.30. The molecular formula is C17H13ClF3N5OS. The van der Waals surface area contributed by atoms with Gasteiger partial charge >= 0.3 is 6.18 Å². The van der Waals surface area contributed by atoms with E-state index in [0.29, 0.717) is 17.4 Å². The normalized spacial score (nSPS) is 11.5. The van der Waals surface area contributed by atoms with E-state index < -0.39 is 17.6 Å². The lowest BCUT2D eigenvalue weighted by molar-refractivity contribution is -0.137. The van der Waals surface area contributed by atoms with Crippen LogP contribution in [-0.4, -0.2) is 31.4 Å². The summed E-state index contributed by atoms with van der Waals surface area (Å²) in [5.74, 6) is -0.678.